The normalized spacial score (nSPS) is 11.3. The molecule has 0 amide bonds. The zero-order chi connectivity index (χ0) is 13.8. The maximum atomic E-state index is 11.8. The van der Waals surface area contributed by atoms with Crippen LogP contribution in [0.15, 0.2) is 12.1 Å². The monoisotopic (exact) mass is 292 g/mol. The average Bonchev–Trinajstić information content (AvgIpc) is 2.30. The lowest BCUT2D eigenvalue weighted by molar-refractivity contribution is 0.417. The molecule has 0 aliphatic carbocycles. The van der Waals surface area contributed by atoms with Gasteiger partial charge in [0.25, 0.3) is 0 Å². The van der Waals surface area contributed by atoms with Crippen LogP contribution >= 0.6 is 11.6 Å². The molecule has 1 rings (SSSR count). The highest BCUT2D eigenvalue weighted by Gasteiger charge is 2.14. The number of ether oxygens (including phenoxy) is 1. The number of rotatable bonds is 6. The van der Waals surface area contributed by atoms with Crippen molar-refractivity contribution in [3.05, 3.63) is 22.7 Å². The predicted molar refractivity (Wildman–Crippen MR) is 73.8 cm³/mol. The summed E-state index contributed by atoms with van der Waals surface area (Å²) in [5, 5.41) is 0.525. The van der Waals surface area contributed by atoms with E-state index in [0.29, 0.717) is 29.4 Å². The van der Waals surface area contributed by atoms with Gasteiger partial charge in [-0.05, 0) is 31.5 Å². The van der Waals surface area contributed by atoms with Gasteiger partial charge < -0.3 is 10.5 Å². The fourth-order valence-electron chi connectivity index (χ4n) is 1.40. The van der Waals surface area contributed by atoms with Crippen LogP contribution in [0.5, 0.6) is 5.75 Å². The number of hydrogen-bond donors (Lipinski definition) is 2. The number of aryl methyl sites for hydroxylation is 1. The van der Waals surface area contributed by atoms with Gasteiger partial charge >= 0.3 is 0 Å². The van der Waals surface area contributed by atoms with E-state index in [4.69, 9.17) is 22.1 Å². The average molecular weight is 293 g/mol. The first-order valence-electron chi connectivity index (χ1n) is 5.44. The molecule has 1 aromatic carbocycles. The van der Waals surface area contributed by atoms with Crippen molar-refractivity contribution in [1.29, 1.82) is 0 Å². The lowest BCUT2D eigenvalue weighted by atomic mass is 10.2. The van der Waals surface area contributed by atoms with Crippen LogP contribution in [0.1, 0.15) is 12.0 Å². The number of nitrogens with one attached hydrogen (secondary N) is 1. The van der Waals surface area contributed by atoms with Gasteiger partial charge in [0.2, 0.25) is 10.0 Å². The number of methoxy groups -OCH3 is 1. The lowest BCUT2D eigenvalue weighted by Crippen LogP contribution is -2.19. The molecule has 0 aromatic heterocycles. The standard InChI is InChI=1S/C11H17ClN2O3S/c1-8-6-10(11(17-2)7-9(8)12)14-18(15,16)5-3-4-13/h6-7,14H,3-5,13H2,1-2H3. The molecule has 0 aliphatic heterocycles. The molecule has 0 heterocycles. The third-order valence-corrected chi connectivity index (χ3v) is 4.13. The molecule has 0 aliphatic rings. The zero-order valence-electron chi connectivity index (χ0n) is 10.4. The van der Waals surface area contributed by atoms with Gasteiger partial charge in [-0.1, -0.05) is 11.6 Å². The van der Waals surface area contributed by atoms with Crippen molar-refractivity contribution in [2.45, 2.75) is 13.3 Å². The Hall–Kier alpha value is -0.980. The highest BCUT2D eigenvalue weighted by molar-refractivity contribution is 7.92. The number of sulfonamides is 1. The fraction of sp³-hybridized carbons (Fsp3) is 0.455. The SMILES string of the molecule is COc1cc(Cl)c(C)cc1NS(=O)(=O)CCCN. The topological polar surface area (TPSA) is 81.4 Å². The van der Waals surface area contributed by atoms with Crippen molar-refractivity contribution < 1.29 is 13.2 Å². The summed E-state index contributed by atoms with van der Waals surface area (Å²) in [6.07, 6.45) is 0.407. The summed E-state index contributed by atoms with van der Waals surface area (Å²) in [5.74, 6) is 0.371. The van der Waals surface area contributed by atoms with Crippen LogP contribution in [0, 0.1) is 6.92 Å². The van der Waals surface area contributed by atoms with Crippen LogP contribution in [0.4, 0.5) is 5.69 Å². The van der Waals surface area contributed by atoms with Gasteiger partial charge in [-0.3, -0.25) is 4.72 Å². The summed E-state index contributed by atoms with van der Waals surface area (Å²) in [5.41, 5.74) is 6.45. The van der Waals surface area contributed by atoms with Gasteiger partial charge in [0.1, 0.15) is 5.75 Å². The molecule has 0 fully saturated rings. The highest BCUT2D eigenvalue weighted by atomic mass is 35.5. The molecule has 102 valence electrons. The van der Waals surface area contributed by atoms with Crippen molar-refractivity contribution in [3.8, 4) is 5.75 Å². The molecule has 0 spiro atoms. The zero-order valence-corrected chi connectivity index (χ0v) is 11.9. The van der Waals surface area contributed by atoms with E-state index >= 15 is 0 Å². The maximum absolute atomic E-state index is 11.8. The number of hydrogen-bond acceptors (Lipinski definition) is 4. The van der Waals surface area contributed by atoms with Gasteiger partial charge in [0.15, 0.2) is 0 Å². The Bertz CT molecular complexity index is 517. The second-order valence-electron chi connectivity index (χ2n) is 3.86. The Labute approximate surface area is 112 Å². The highest BCUT2D eigenvalue weighted by Crippen LogP contribution is 2.31. The second-order valence-corrected chi connectivity index (χ2v) is 6.11. The van der Waals surface area contributed by atoms with Crippen molar-refractivity contribution in [3.63, 3.8) is 0 Å². The first-order valence-corrected chi connectivity index (χ1v) is 7.47. The molecule has 0 unspecified atom stereocenters. The molecule has 7 heteroatoms. The summed E-state index contributed by atoms with van der Waals surface area (Å²) < 4.78 is 31.1. The van der Waals surface area contributed by atoms with Gasteiger partial charge in [0.05, 0.1) is 18.6 Å². The van der Waals surface area contributed by atoms with Crippen molar-refractivity contribution in [2.24, 2.45) is 5.73 Å². The number of anilines is 1. The Morgan fingerprint density at radius 3 is 2.67 bits per heavy atom. The van der Waals surface area contributed by atoms with Crippen LogP contribution in [0.25, 0.3) is 0 Å². The molecule has 0 bridgehead atoms. The second kappa shape index (κ2) is 6.26. The summed E-state index contributed by atoms with van der Waals surface area (Å²) in [6, 6.07) is 3.22. The first-order chi connectivity index (χ1) is 8.39. The van der Waals surface area contributed by atoms with E-state index < -0.39 is 10.0 Å². The minimum atomic E-state index is -3.41. The Morgan fingerprint density at radius 1 is 1.44 bits per heavy atom. The van der Waals surface area contributed by atoms with Gasteiger partial charge in [0, 0.05) is 11.1 Å². The fourth-order valence-corrected chi connectivity index (χ4v) is 2.70. The van der Waals surface area contributed by atoms with Crippen LogP contribution in [-0.2, 0) is 10.0 Å². The minimum Gasteiger partial charge on any atom is -0.495 e. The van der Waals surface area contributed by atoms with Gasteiger partial charge in [-0.25, -0.2) is 8.42 Å². The largest absolute Gasteiger partial charge is 0.495 e. The Kier molecular flexibility index (Phi) is 5.25. The van der Waals surface area contributed by atoms with Crippen molar-refractivity contribution >= 4 is 27.3 Å². The molecule has 1 aromatic rings. The summed E-state index contributed by atoms with van der Waals surface area (Å²) in [6.45, 7) is 2.12. The third-order valence-electron chi connectivity index (χ3n) is 2.36. The molecular weight excluding hydrogens is 276 g/mol. The Balaban J connectivity index is 3.00. The van der Waals surface area contributed by atoms with Crippen molar-refractivity contribution in [1.82, 2.24) is 0 Å². The van der Waals surface area contributed by atoms with E-state index in [-0.39, 0.29) is 5.75 Å². The molecule has 18 heavy (non-hydrogen) atoms. The molecule has 3 N–H and O–H groups in total. The predicted octanol–water partition coefficient (Wildman–Crippen LogP) is 1.75. The van der Waals surface area contributed by atoms with Crippen molar-refractivity contribution in [2.75, 3.05) is 24.1 Å². The van der Waals surface area contributed by atoms with E-state index in [0.717, 1.165) is 5.56 Å². The first kappa shape index (κ1) is 15.1. The summed E-state index contributed by atoms with van der Waals surface area (Å²) in [7, 11) is -1.96. The lowest BCUT2D eigenvalue weighted by Gasteiger charge is -2.13. The van der Waals surface area contributed by atoms with Crippen LogP contribution in [0.3, 0.4) is 0 Å². The molecule has 0 radical (unpaired) electrons. The summed E-state index contributed by atoms with van der Waals surface area (Å²) in [4.78, 5) is 0. The molecule has 0 saturated carbocycles. The number of halogens is 1. The van der Waals surface area contributed by atoms with E-state index in [2.05, 4.69) is 4.72 Å². The minimum absolute atomic E-state index is 0.0195. The van der Waals surface area contributed by atoms with E-state index in [9.17, 15) is 8.42 Å². The molecule has 0 saturated heterocycles. The molecule has 5 nitrogen and oxygen atoms in total. The molecular formula is C11H17ClN2O3S. The number of benzene rings is 1. The van der Waals surface area contributed by atoms with Gasteiger partial charge in [-0.15, -0.1) is 0 Å². The van der Waals surface area contributed by atoms with E-state index in [1.807, 2.05) is 0 Å². The maximum Gasteiger partial charge on any atom is 0.232 e. The van der Waals surface area contributed by atoms with E-state index in [1.54, 1.807) is 19.1 Å². The Morgan fingerprint density at radius 2 is 2.11 bits per heavy atom. The molecule has 0 atom stereocenters. The van der Waals surface area contributed by atoms with Crippen LogP contribution in [-0.4, -0.2) is 27.8 Å². The summed E-state index contributed by atoms with van der Waals surface area (Å²) >= 11 is 5.95. The third kappa shape index (κ3) is 4.04. The smallest absolute Gasteiger partial charge is 0.232 e. The number of nitrogens with two attached hydrogens (primary N) is 1. The van der Waals surface area contributed by atoms with Crippen LogP contribution in [0.2, 0.25) is 5.02 Å². The van der Waals surface area contributed by atoms with Gasteiger partial charge in [-0.2, -0.15) is 0 Å². The van der Waals surface area contributed by atoms with E-state index in [1.165, 1.54) is 7.11 Å². The van der Waals surface area contributed by atoms with Crippen LogP contribution < -0.4 is 15.2 Å². The quantitative estimate of drug-likeness (QED) is 0.837.